The van der Waals surface area contributed by atoms with Crippen LogP contribution >= 0.6 is 0 Å². The third-order valence-corrected chi connectivity index (χ3v) is 4.56. The summed E-state index contributed by atoms with van der Waals surface area (Å²) in [5, 5.41) is 25.2. The molecule has 0 aromatic heterocycles. The summed E-state index contributed by atoms with van der Waals surface area (Å²) in [7, 11) is 0. The van der Waals surface area contributed by atoms with Crippen molar-refractivity contribution in [3.8, 4) is 0 Å². The summed E-state index contributed by atoms with van der Waals surface area (Å²) in [5.41, 5.74) is -0.852. The largest absolute Gasteiger partial charge is 0.480 e. The van der Waals surface area contributed by atoms with E-state index < -0.39 is 28.2 Å². The van der Waals surface area contributed by atoms with Gasteiger partial charge >= 0.3 is 5.97 Å². The van der Waals surface area contributed by atoms with Crippen LogP contribution in [-0.2, 0) is 9.59 Å². The lowest BCUT2D eigenvalue weighted by Crippen LogP contribution is -2.57. The van der Waals surface area contributed by atoms with E-state index in [1.165, 1.54) is 25.1 Å². The summed E-state index contributed by atoms with van der Waals surface area (Å²) in [6.07, 6.45) is 3.11. The van der Waals surface area contributed by atoms with E-state index in [2.05, 4.69) is 10.6 Å². The van der Waals surface area contributed by atoms with Crippen LogP contribution in [0.15, 0.2) is 18.2 Å². The Kier molecular flexibility index (Phi) is 5.91. The number of benzene rings is 1. The first-order valence-corrected chi connectivity index (χ1v) is 8.33. The maximum Gasteiger partial charge on any atom is 0.329 e. The summed E-state index contributed by atoms with van der Waals surface area (Å²) >= 11 is 0. The van der Waals surface area contributed by atoms with Crippen LogP contribution in [0.2, 0.25) is 0 Å². The molecule has 0 radical (unpaired) electrons. The molecule has 2 rings (SSSR count). The van der Waals surface area contributed by atoms with Gasteiger partial charge in [0.25, 0.3) is 11.6 Å². The molecule has 1 aromatic rings. The molecule has 0 atom stereocenters. The zero-order valence-corrected chi connectivity index (χ0v) is 14.4. The number of nitrogens with one attached hydrogen (secondary N) is 2. The molecule has 9 nitrogen and oxygen atoms in total. The van der Waals surface area contributed by atoms with E-state index >= 15 is 0 Å². The van der Waals surface area contributed by atoms with Crippen molar-refractivity contribution >= 4 is 23.5 Å². The van der Waals surface area contributed by atoms with Crippen molar-refractivity contribution in [3.05, 3.63) is 39.4 Å². The fourth-order valence-corrected chi connectivity index (χ4v) is 3.12. The minimum absolute atomic E-state index is 0.0972. The second kappa shape index (κ2) is 7.94. The number of hydrogen-bond acceptors (Lipinski definition) is 5. The lowest BCUT2D eigenvalue weighted by atomic mass is 9.81. The number of nitrogens with zero attached hydrogens (tertiary/aromatic N) is 1. The van der Waals surface area contributed by atoms with Gasteiger partial charge in [0.05, 0.1) is 11.5 Å². The molecule has 26 heavy (non-hydrogen) atoms. The van der Waals surface area contributed by atoms with Crippen molar-refractivity contribution in [1.82, 2.24) is 10.6 Å². The molecule has 0 saturated heterocycles. The smallest absolute Gasteiger partial charge is 0.329 e. The minimum Gasteiger partial charge on any atom is -0.480 e. The SMILES string of the molecule is Cc1cc(C(=O)NCC(=O)NC2(C(=O)O)CCCCC2)ccc1[N+](=O)[O-]. The predicted molar refractivity (Wildman–Crippen MR) is 91.8 cm³/mol. The average molecular weight is 363 g/mol. The lowest BCUT2D eigenvalue weighted by molar-refractivity contribution is -0.385. The lowest BCUT2D eigenvalue weighted by Gasteiger charge is -2.33. The molecule has 0 heterocycles. The highest BCUT2D eigenvalue weighted by atomic mass is 16.6. The standard InChI is InChI=1S/C17H21N3O6/c1-11-9-12(5-6-13(11)20(25)26)15(22)18-10-14(21)19-17(16(23)24)7-3-2-4-8-17/h5-6,9H,2-4,7-8,10H2,1H3,(H,18,22)(H,19,21)(H,23,24). The van der Waals surface area contributed by atoms with E-state index in [1.807, 2.05) is 0 Å². The van der Waals surface area contributed by atoms with Gasteiger partial charge in [0.1, 0.15) is 5.54 Å². The Labute approximate surface area is 149 Å². The van der Waals surface area contributed by atoms with Gasteiger partial charge in [-0.15, -0.1) is 0 Å². The molecular weight excluding hydrogens is 342 g/mol. The van der Waals surface area contributed by atoms with Crippen molar-refractivity contribution in [2.24, 2.45) is 0 Å². The van der Waals surface area contributed by atoms with Gasteiger partial charge in [-0.05, 0) is 31.9 Å². The first-order chi connectivity index (χ1) is 12.2. The number of carbonyl (C=O) groups is 3. The van der Waals surface area contributed by atoms with E-state index in [-0.39, 0.29) is 17.8 Å². The van der Waals surface area contributed by atoms with Gasteiger partial charge in [-0.2, -0.15) is 0 Å². The highest BCUT2D eigenvalue weighted by Gasteiger charge is 2.40. The van der Waals surface area contributed by atoms with Gasteiger partial charge < -0.3 is 15.7 Å². The number of aliphatic carboxylic acids is 1. The molecule has 0 spiro atoms. The molecule has 0 unspecified atom stereocenters. The number of rotatable bonds is 6. The minimum atomic E-state index is -1.27. The summed E-state index contributed by atoms with van der Waals surface area (Å²) in [5.74, 6) is -2.21. The predicted octanol–water partition coefficient (Wildman–Crippen LogP) is 1.54. The number of nitro groups is 1. The van der Waals surface area contributed by atoms with Crippen molar-refractivity contribution in [2.45, 2.75) is 44.6 Å². The number of nitro benzene ring substituents is 1. The molecule has 1 aromatic carbocycles. The third kappa shape index (κ3) is 4.35. The number of carboxylic acid groups (broad SMARTS) is 1. The Balaban J connectivity index is 1.96. The molecular formula is C17H21N3O6. The van der Waals surface area contributed by atoms with Crippen LogP contribution < -0.4 is 10.6 Å². The van der Waals surface area contributed by atoms with E-state index in [9.17, 15) is 29.6 Å². The number of amides is 2. The van der Waals surface area contributed by atoms with Crippen LogP contribution in [0.4, 0.5) is 5.69 Å². The van der Waals surface area contributed by atoms with E-state index in [0.717, 1.165) is 19.3 Å². The van der Waals surface area contributed by atoms with Crippen LogP contribution in [0.5, 0.6) is 0 Å². The maximum absolute atomic E-state index is 12.1. The summed E-state index contributed by atoms with van der Waals surface area (Å²) in [4.78, 5) is 46.0. The Morgan fingerprint density at radius 1 is 1.23 bits per heavy atom. The molecule has 3 N–H and O–H groups in total. The van der Waals surface area contributed by atoms with Gasteiger partial charge in [0.2, 0.25) is 5.91 Å². The molecule has 1 saturated carbocycles. The first kappa shape index (κ1) is 19.4. The van der Waals surface area contributed by atoms with Crippen LogP contribution in [0.1, 0.15) is 48.0 Å². The highest BCUT2D eigenvalue weighted by Crippen LogP contribution is 2.28. The zero-order chi connectivity index (χ0) is 19.3. The Bertz CT molecular complexity index is 740. The van der Waals surface area contributed by atoms with Crippen molar-refractivity contribution < 1.29 is 24.4 Å². The van der Waals surface area contributed by atoms with Crippen molar-refractivity contribution in [1.29, 1.82) is 0 Å². The molecule has 9 heteroatoms. The third-order valence-electron chi connectivity index (χ3n) is 4.56. The molecule has 1 aliphatic rings. The first-order valence-electron chi connectivity index (χ1n) is 8.33. The average Bonchev–Trinajstić information content (AvgIpc) is 2.59. The van der Waals surface area contributed by atoms with E-state index in [1.54, 1.807) is 0 Å². The van der Waals surface area contributed by atoms with Crippen molar-refractivity contribution in [3.63, 3.8) is 0 Å². The molecule has 0 bridgehead atoms. The Morgan fingerprint density at radius 2 is 1.88 bits per heavy atom. The van der Waals surface area contributed by atoms with Crippen LogP contribution in [-0.4, -0.2) is 39.9 Å². The summed E-state index contributed by atoms with van der Waals surface area (Å²) in [6, 6.07) is 3.90. The second-order valence-corrected chi connectivity index (χ2v) is 6.44. The number of aryl methyl sites for hydroxylation is 1. The molecule has 140 valence electrons. The number of hydrogen-bond donors (Lipinski definition) is 3. The van der Waals surface area contributed by atoms with Crippen LogP contribution in [0, 0.1) is 17.0 Å². The highest BCUT2D eigenvalue weighted by molar-refractivity contribution is 5.97. The van der Waals surface area contributed by atoms with Gasteiger partial charge in [-0.1, -0.05) is 19.3 Å². The van der Waals surface area contributed by atoms with Gasteiger partial charge in [-0.3, -0.25) is 19.7 Å². The number of carbonyl (C=O) groups excluding carboxylic acids is 2. The molecule has 0 aliphatic heterocycles. The Morgan fingerprint density at radius 3 is 2.42 bits per heavy atom. The topological polar surface area (TPSA) is 139 Å². The van der Waals surface area contributed by atoms with Crippen LogP contribution in [0.25, 0.3) is 0 Å². The summed E-state index contributed by atoms with van der Waals surface area (Å²) < 4.78 is 0. The number of carboxylic acids is 1. The van der Waals surface area contributed by atoms with E-state index in [0.29, 0.717) is 18.4 Å². The second-order valence-electron chi connectivity index (χ2n) is 6.44. The molecule has 2 amide bonds. The van der Waals surface area contributed by atoms with Gasteiger partial charge in [0.15, 0.2) is 0 Å². The van der Waals surface area contributed by atoms with Gasteiger partial charge in [-0.25, -0.2) is 4.79 Å². The van der Waals surface area contributed by atoms with Crippen LogP contribution in [0.3, 0.4) is 0 Å². The quantitative estimate of drug-likeness (QED) is 0.517. The van der Waals surface area contributed by atoms with Crippen molar-refractivity contribution in [2.75, 3.05) is 6.54 Å². The normalized spacial score (nSPS) is 15.7. The van der Waals surface area contributed by atoms with E-state index in [4.69, 9.17) is 0 Å². The van der Waals surface area contributed by atoms with Gasteiger partial charge in [0, 0.05) is 17.2 Å². The zero-order valence-electron chi connectivity index (χ0n) is 14.4. The summed E-state index contributed by atoms with van der Waals surface area (Å²) in [6.45, 7) is 1.14. The monoisotopic (exact) mass is 363 g/mol. The fourth-order valence-electron chi connectivity index (χ4n) is 3.12. The maximum atomic E-state index is 12.1. The Hall–Kier alpha value is -2.97. The molecule has 1 fully saturated rings. The molecule has 1 aliphatic carbocycles. The fraction of sp³-hybridized carbons (Fsp3) is 0.471.